The lowest BCUT2D eigenvalue weighted by Crippen LogP contribution is -2.19. The van der Waals surface area contributed by atoms with E-state index >= 15 is 0 Å². The van der Waals surface area contributed by atoms with Gasteiger partial charge >= 0.3 is 0 Å². The van der Waals surface area contributed by atoms with Gasteiger partial charge in [0.05, 0.1) is 24.2 Å². The highest BCUT2D eigenvalue weighted by molar-refractivity contribution is 6.33. The highest BCUT2D eigenvalue weighted by Gasteiger charge is 2.23. The van der Waals surface area contributed by atoms with Crippen LogP contribution in [-0.2, 0) is 12.8 Å². The van der Waals surface area contributed by atoms with Gasteiger partial charge in [0.15, 0.2) is 5.78 Å². The normalized spacial score (nSPS) is 14.3. The summed E-state index contributed by atoms with van der Waals surface area (Å²) in [6, 6.07) is 1.92. The minimum absolute atomic E-state index is 0.0108. The summed E-state index contributed by atoms with van der Waals surface area (Å²) >= 11 is 6.15. The van der Waals surface area contributed by atoms with Gasteiger partial charge in [-0.15, -0.1) is 0 Å². The number of aryl methyl sites for hydroxylation is 1. The second-order valence-electron chi connectivity index (χ2n) is 4.24. The van der Waals surface area contributed by atoms with Crippen molar-refractivity contribution in [2.75, 3.05) is 13.7 Å². The Morgan fingerprint density at radius 2 is 2.18 bits per heavy atom. The molecule has 2 N–H and O–H groups in total. The maximum atomic E-state index is 12.0. The summed E-state index contributed by atoms with van der Waals surface area (Å²) in [4.78, 5) is 12.0. The van der Waals surface area contributed by atoms with Crippen molar-refractivity contribution in [3.63, 3.8) is 0 Å². The van der Waals surface area contributed by atoms with E-state index in [0.717, 1.165) is 31.2 Å². The van der Waals surface area contributed by atoms with Crippen LogP contribution in [0.3, 0.4) is 0 Å². The zero-order valence-electron chi connectivity index (χ0n) is 9.88. The number of hydrogen-bond donors (Lipinski definition) is 1. The molecule has 0 amide bonds. The van der Waals surface area contributed by atoms with Gasteiger partial charge in [0, 0.05) is 0 Å². The molecular formula is C13H16ClNO2. The van der Waals surface area contributed by atoms with Gasteiger partial charge < -0.3 is 10.5 Å². The fourth-order valence-electron chi connectivity index (χ4n) is 2.45. The van der Waals surface area contributed by atoms with E-state index in [2.05, 4.69) is 0 Å². The summed E-state index contributed by atoms with van der Waals surface area (Å²) in [6.45, 7) is -0.0108. The van der Waals surface area contributed by atoms with Crippen molar-refractivity contribution in [1.29, 1.82) is 0 Å². The lowest BCUT2D eigenvalue weighted by molar-refractivity contribution is 0.0997. The maximum absolute atomic E-state index is 12.0. The number of rotatable bonds is 3. The summed E-state index contributed by atoms with van der Waals surface area (Å²) in [6.07, 6.45) is 4.13. The predicted molar refractivity (Wildman–Crippen MR) is 68.0 cm³/mol. The average molecular weight is 254 g/mol. The summed E-state index contributed by atoms with van der Waals surface area (Å²) < 4.78 is 5.26. The number of benzene rings is 1. The van der Waals surface area contributed by atoms with Gasteiger partial charge in [0.25, 0.3) is 0 Å². The quantitative estimate of drug-likeness (QED) is 0.842. The molecule has 1 aromatic carbocycles. The molecule has 0 saturated heterocycles. The van der Waals surface area contributed by atoms with E-state index < -0.39 is 0 Å². The standard InChI is InChI=1S/C13H16ClNO2/c1-17-13-10(14)6-8-4-2-3-5-9(8)12(13)11(16)7-15/h6H,2-5,7,15H2,1H3. The summed E-state index contributed by atoms with van der Waals surface area (Å²) in [7, 11) is 1.53. The number of ketones is 1. The van der Waals surface area contributed by atoms with Crippen LogP contribution in [0.2, 0.25) is 5.02 Å². The van der Waals surface area contributed by atoms with E-state index in [1.54, 1.807) is 0 Å². The second kappa shape index (κ2) is 5.07. The minimum Gasteiger partial charge on any atom is -0.494 e. The molecule has 0 saturated carbocycles. The van der Waals surface area contributed by atoms with Crippen molar-refractivity contribution >= 4 is 17.4 Å². The third-order valence-electron chi connectivity index (χ3n) is 3.23. The molecule has 1 aliphatic carbocycles. The van der Waals surface area contributed by atoms with E-state index in [1.165, 1.54) is 12.7 Å². The molecule has 92 valence electrons. The molecule has 0 aromatic heterocycles. The number of Topliss-reactive ketones (excluding diaryl/α,β-unsaturated/α-hetero) is 1. The smallest absolute Gasteiger partial charge is 0.180 e. The van der Waals surface area contributed by atoms with E-state index in [0.29, 0.717) is 16.3 Å². The first kappa shape index (κ1) is 12.4. The van der Waals surface area contributed by atoms with Crippen LogP contribution in [0.4, 0.5) is 0 Å². The Bertz CT molecular complexity index is 457. The van der Waals surface area contributed by atoms with Crippen molar-refractivity contribution < 1.29 is 9.53 Å². The van der Waals surface area contributed by atoms with Crippen LogP contribution < -0.4 is 10.5 Å². The van der Waals surface area contributed by atoms with Crippen LogP contribution in [-0.4, -0.2) is 19.4 Å². The van der Waals surface area contributed by atoms with Crippen molar-refractivity contribution in [3.05, 3.63) is 27.8 Å². The number of nitrogens with two attached hydrogens (primary N) is 1. The van der Waals surface area contributed by atoms with Crippen LogP contribution in [0.1, 0.15) is 34.3 Å². The Morgan fingerprint density at radius 1 is 1.47 bits per heavy atom. The summed E-state index contributed by atoms with van der Waals surface area (Å²) in [5.41, 5.74) is 8.30. The molecule has 0 aliphatic heterocycles. The Morgan fingerprint density at radius 3 is 2.82 bits per heavy atom. The van der Waals surface area contributed by atoms with Gasteiger partial charge in [-0.3, -0.25) is 4.79 Å². The number of halogens is 1. The molecule has 4 heteroatoms. The van der Waals surface area contributed by atoms with Crippen LogP contribution in [0, 0.1) is 0 Å². The number of hydrogen-bond acceptors (Lipinski definition) is 3. The fourth-order valence-corrected chi connectivity index (χ4v) is 2.75. The topological polar surface area (TPSA) is 52.3 Å². The molecule has 0 bridgehead atoms. The lowest BCUT2D eigenvalue weighted by atomic mass is 9.86. The molecule has 0 spiro atoms. The molecule has 2 rings (SSSR count). The van der Waals surface area contributed by atoms with Gasteiger partial charge in [0.1, 0.15) is 5.75 Å². The Kier molecular flexibility index (Phi) is 3.69. The van der Waals surface area contributed by atoms with Gasteiger partial charge in [-0.1, -0.05) is 11.6 Å². The average Bonchev–Trinajstić information content (AvgIpc) is 2.36. The van der Waals surface area contributed by atoms with E-state index in [9.17, 15) is 4.79 Å². The van der Waals surface area contributed by atoms with E-state index in [-0.39, 0.29) is 12.3 Å². The highest BCUT2D eigenvalue weighted by Crippen LogP contribution is 2.37. The van der Waals surface area contributed by atoms with Gasteiger partial charge in [-0.2, -0.15) is 0 Å². The number of carbonyl (C=O) groups is 1. The van der Waals surface area contributed by atoms with Crippen LogP contribution in [0.15, 0.2) is 6.07 Å². The molecule has 0 fully saturated rings. The number of methoxy groups -OCH3 is 1. The Balaban J connectivity index is 2.65. The van der Waals surface area contributed by atoms with Crippen molar-refractivity contribution in [1.82, 2.24) is 0 Å². The first-order valence-electron chi connectivity index (χ1n) is 5.80. The zero-order chi connectivity index (χ0) is 12.4. The summed E-state index contributed by atoms with van der Waals surface area (Å²) in [5, 5.41) is 0.505. The third kappa shape index (κ3) is 2.17. The van der Waals surface area contributed by atoms with Crippen molar-refractivity contribution in [3.8, 4) is 5.75 Å². The van der Waals surface area contributed by atoms with E-state index in [4.69, 9.17) is 22.1 Å². The Labute approximate surface area is 106 Å². The number of fused-ring (bicyclic) bond motifs is 1. The summed E-state index contributed by atoms with van der Waals surface area (Å²) in [5.74, 6) is 0.380. The van der Waals surface area contributed by atoms with E-state index in [1.807, 2.05) is 6.07 Å². The first-order chi connectivity index (χ1) is 8.19. The molecule has 3 nitrogen and oxygen atoms in total. The minimum atomic E-state index is -0.0949. The van der Waals surface area contributed by atoms with Crippen molar-refractivity contribution in [2.24, 2.45) is 5.73 Å². The van der Waals surface area contributed by atoms with Gasteiger partial charge in [-0.25, -0.2) is 0 Å². The zero-order valence-corrected chi connectivity index (χ0v) is 10.6. The van der Waals surface area contributed by atoms with Gasteiger partial charge in [0.2, 0.25) is 0 Å². The molecule has 0 heterocycles. The Hall–Kier alpha value is -1.06. The number of carbonyl (C=O) groups excluding carboxylic acids is 1. The molecular weight excluding hydrogens is 238 g/mol. The SMILES string of the molecule is COc1c(Cl)cc2c(c1C(=O)CN)CCCC2. The molecule has 0 atom stereocenters. The molecule has 17 heavy (non-hydrogen) atoms. The maximum Gasteiger partial charge on any atom is 0.180 e. The predicted octanol–water partition coefficient (Wildman–Crippen LogP) is 2.37. The largest absolute Gasteiger partial charge is 0.494 e. The lowest BCUT2D eigenvalue weighted by Gasteiger charge is -2.21. The second-order valence-corrected chi connectivity index (χ2v) is 4.65. The first-order valence-corrected chi connectivity index (χ1v) is 6.18. The van der Waals surface area contributed by atoms with Crippen molar-refractivity contribution in [2.45, 2.75) is 25.7 Å². The number of ether oxygens (including phenoxy) is 1. The molecule has 1 aliphatic rings. The monoisotopic (exact) mass is 253 g/mol. The fraction of sp³-hybridized carbons (Fsp3) is 0.462. The van der Waals surface area contributed by atoms with Crippen LogP contribution >= 0.6 is 11.6 Å². The van der Waals surface area contributed by atoms with Crippen LogP contribution in [0.25, 0.3) is 0 Å². The molecule has 0 unspecified atom stereocenters. The highest BCUT2D eigenvalue weighted by atomic mass is 35.5. The van der Waals surface area contributed by atoms with Crippen LogP contribution in [0.5, 0.6) is 5.75 Å². The van der Waals surface area contributed by atoms with Gasteiger partial charge in [-0.05, 0) is 42.9 Å². The molecule has 0 radical (unpaired) electrons. The molecule has 1 aromatic rings. The third-order valence-corrected chi connectivity index (χ3v) is 3.51.